The van der Waals surface area contributed by atoms with Crippen molar-refractivity contribution in [2.75, 3.05) is 47.5 Å². The van der Waals surface area contributed by atoms with Crippen molar-refractivity contribution in [1.82, 2.24) is 0 Å². The molecule has 0 amide bonds. The van der Waals surface area contributed by atoms with Crippen LogP contribution in [0.25, 0.3) is 0 Å². The van der Waals surface area contributed by atoms with Crippen LogP contribution in [0.4, 0.5) is 0 Å². The van der Waals surface area contributed by atoms with E-state index >= 15 is 0 Å². The maximum Gasteiger partial charge on any atom is 0.472 e. The van der Waals surface area contributed by atoms with Crippen LogP contribution in [-0.4, -0.2) is 74.9 Å². The molecule has 522 valence electrons. The number of hydrogen-bond acceptors (Lipinski definition) is 7. The first kappa shape index (κ1) is 86.9. The highest BCUT2D eigenvalue weighted by Gasteiger charge is 2.27. The molecule has 2 unspecified atom stereocenters. The van der Waals surface area contributed by atoms with E-state index in [0.29, 0.717) is 23.9 Å². The average molecular weight is 1280 g/mol. The molecule has 0 heterocycles. The van der Waals surface area contributed by atoms with Crippen LogP contribution in [0.5, 0.6) is 0 Å². The van der Waals surface area contributed by atoms with Crippen molar-refractivity contribution in [3.8, 4) is 0 Å². The lowest BCUT2D eigenvalue weighted by molar-refractivity contribution is -0.870. The van der Waals surface area contributed by atoms with E-state index in [9.17, 15) is 19.0 Å². The zero-order valence-corrected chi connectivity index (χ0v) is 60.5. The Morgan fingerprint density at radius 2 is 0.633 bits per heavy atom. The predicted molar refractivity (Wildman–Crippen MR) is 390 cm³/mol. The third-order valence-corrected chi connectivity index (χ3v) is 17.6. The molecule has 0 aromatic heterocycles. The van der Waals surface area contributed by atoms with Gasteiger partial charge in [0.2, 0.25) is 0 Å². The van der Waals surface area contributed by atoms with Crippen molar-refractivity contribution >= 4 is 19.8 Å². The summed E-state index contributed by atoms with van der Waals surface area (Å²) >= 11 is 0. The third-order valence-electron chi connectivity index (χ3n) is 16.6. The summed E-state index contributed by atoms with van der Waals surface area (Å²) in [5.41, 5.74) is 0. The molecule has 0 saturated heterocycles. The van der Waals surface area contributed by atoms with Gasteiger partial charge in [-0.15, -0.1) is 0 Å². The second kappa shape index (κ2) is 70.3. The Morgan fingerprint density at radius 3 is 0.956 bits per heavy atom. The van der Waals surface area contributed by atoms with Crippen molar-refractivity contribution in [3.05, 3.63) is 97.2 Å². The van der Waals surface area contributed by atoms with Crippen molar-refractivity contribution in [3.63, 3.8) is 0 Å². The van der Waals surface area contributed by atoms with E-state index in [-0.39, 0.29) is 25.6 Å². The highest BCUT2D eigenvalue weighted by atomic mass is 31.2. The minimum atomic E-state index is -4.40. The molecule has 0 aromatic rings. The maximum absolute atomic E-state index is 12.9. The molecule has 1 N–H and O–H groups in total. The molecule has 0 rings (SSSR count). The molecular weight excluding hydrogens is 1130 g/mol. The molecule has 0 aliphatic rings. The van der Waals surface area contributed by atoms with Gasteiger partial charge in [-0.3, -0.25) is 18.6 Å². The molecule has 0 aromatic carbocycles. The Balaban J connectivity index is 4.00. The number of nitrogens with zero attached hydrogens (tertiary/aromatic N) is 1. The number of likely N-dealkylation sites (N-methyl/N-ethyl adjacent to an activating group) is 1. The average Bonchev–Trinajstić information content (AvgIpc) is 3.58. The minimum absolute atomic E-state index is 0.0306. The van der Waals surface area contributed by atoms with Crippen LogP contribution in [0, 0.1) is 0 Å². The number of quaternary nitrogens is 1. The van der Waals surface area contributed by atoms with E-state index in [0.717, 1.165) is 83.5 Å². The summed E-state index contributed by atoms with van der Waals surface area (Å²) in [6, 6.07) is 0. The van der Waals surface area contributed by atoms with Crippen molar-refractivity contribution in [2.24, 2.45) is 0 Å². The van der Waals surface area contributed by atoms with Crippen LogP contribution < -0.4 is 0 Å². The van der Waals surface area contributed by atoms with Crippen molar-refractivity contribution in [2.45, 2.75) is 354 Å². The Morgan fingerprint density at radius 1 is 0.356 bits per heavy atom. The number of phosphoric acid groups is 1. The molecular formula is C80H145NO8P+. The lowest BCUT2D eigenvalue weighted by Crippen LogP contribution is -2.37. The number of carbonyl (C=O) groups excluding carboxylic acids is 2. The summed E-state index contributed by atoms with van der Waals surface area (Å²) < 4.78 is 34.8. The van der Waals surface area contributed by atoms with Gasteiger partial charge >= 0.3 is 19.8 Å². The first-order valence-corrected chi connectivity index (χ1v) is 39.5. The molecule has 0 aliphatic carbocycles. The lowest BCUT2D eigenvalue weighted by Gasteiger charge is -2.24. The number of rotatable bonds is 70. The second-order valence-corrected chi connectivity index (χ2v) is 28.1. The summed E-state index contributed by atoms with van der Waals surface area (Å²) in [7, 11) is 1.49. The fraction of sp³-hybridized carbons (Fsp3) is 0.775. The largest absolute Gasteiger partial charge is 0.472 e. The molecule has 2 atom stereocenters. The maximum atomic E-state index is 12.9. The number of allylic oxidation sites excluding steroid dienone is 16. The molecule has 0 bridgehead atoms. The Labute approximate surface area is 557 Å². The number of carbonyl (C=O) groups is 2. The molecule has 0 radical (unpaired) electrons. The summed E-state index contributed by atoms with van der Waals surface area (Å²) in [6.45, 7) is 4.37. The molecule has 0 spiro atoms. The standard InChI is InChI=1S/C80H144NO8P/c1-6-8-10-12-14-16-18-20-22-24-26-28-30-32-34-36-37-38-39-40-41-42-43-45-47-49-51-53-55-57-59-61-63-65-67-69-71-73-80(83)89-78(77-88-90(84,85)87-75-74-81(3,4)5)76-86-79(82)72-70-68-66-64-62-60-58-56-54-52-50-48-46-44-35-33-31-29-27-25-23-21-19-17-15-13-11-9-7-2/h8,10,14,16,20,22,25-28,32,34,37-38,40-41,78H,6-7,9,11-13,15,17-19,21,23-24,29-31,33,35-36,39,42-77H2,1-5H3/p+1/b10-8-,16-14-,22-20-,27-25-,28-26-,34-32-,38-37-,41-40-. The van der Waals surface area contributed by atoms with Gasteiger partial charge < -0.3 is 18.9 Å². The lowest BCUT2D eigenvalue weighted by atomic mass is 10.0. The van der Waals surface area contributed by atoms with E-state index < -0.39 is 26.5 Å². The molecule has 10 heteroatoms. The van der Waals surface area contributed by atoms with E-state index in [1.807, 2.05) is 21.1 Å². The zero-order chi connectivity index (χ0) is 65.5. The molecule has 0 saturated carbocycles. The normalized spacial score (nSPS) is 13.6. The smallest absolute Gasteiger partial charge is 0.462 e. The quantitative estimate of drug-likeness (QED) is 0.0211. The van der Waals surface area contributed by atoms with Crippen LogP contribution in [-0.2, 0) is 32.7 Å². The second-order valence-electron chi connectivity index (χ2n) is 26.7. The summed E-state index contributed by atoms with van der Waals surface area (Å²) in [6.07, 6.45) is 98.2. The Hall–Kier alpha value is -3.07. The Kier molecular flexibility index (Phi) is 67.9. The van der Waals surface area contributed by atoms with E-state index in [4.69, 9.17) is 18.5 Å². The van der Waals surface area contributed by atoms with Crippen LogP contribution in [0.1, 0.15) is 348 Å². The molecule has 0 fully saturated rings. The third kappa shape index (κ3) is 74.0. The van der Waals surface area contributed by atoms with Gasteiger partial charge in [-0.2, -0.15) is 0 Å². The van der Waals surface area contributed by atoms with E-state index in [2.05, 4.69) is 111 Å². The molecule has 9 nitrogen and oxygen atoms in total. The van der Waals surface area contributed by atoms with Gasteiger partial charge in [0, 0.05) is 12.8 Å². The summed E-state index contributed by atoms with van der Waals surface area (Å²) in [5.74, 6) is -0.784. The van der Waals surface area contributed by atoms with Crippen molar-refractivity contribution in [1.29, 1.82) is 0 Å². The highest BCUT2D eigenvalue weighted by Crippen LogP contribution is 2.43. The van der Waals surface area contributed by atoms with E-state index in [1.54, 1.807) is 0 Å². The van der Waals surface area contributed by atoms with Crippen LogP contribution >= 0.6 is 7.82 Å². The Bertz CT molecular complexity index is 1840. The van der Waals surface area contributed by atoms with E-state index in [1.165, 1.54) is 231 Å². The van der Waals surface area contributed by atoms with Crippen LogP contribution in [0.15, 0.2) is 97.2 Å². The number of esters is 2. The zero-order valence-electron chi connectivity index (χ0n) is 59.6. The number of hydrogen-bond donors (Lipinski definition) is 1. The minimum Gasteiger partial charge on any atom is -0.462 e. The summed E-state index contributed by atoms with van der Waals surface area (Å²) in [4.78, 5) is 35.9. The topological polar surface area (TPSA) is 108 Å². The first-order chi connectivity index (χ1) is 44.0. The van der Waals surface area contributed by atoms with Gasteiger partial charge in [0.1, 0.15) is 19.8 Å². The fourth-order valence-electron chi connectivity index (χ4n) is 10.8. The SMILES string of the molecule is CC/C=C\C/C=C\C/C=C\C/C=C\C/C=C\C/C=C\C/C=C\CCCCCCCCCCCCCCCCCC(=O)OC(COC(=O)CCCCCCCCCCCCCCCCCCC/C=C\CCCCCCCCCC)COP(=O)(O)OCC[N+](C)(C)C. The molecule has 0 aliphatic heterocycles. The van der Waals surface area contributed by atoms with Gasteiger partial charge in [0.15, 0.2) is 6.10 Å². The molecule has 90 heavy (non-hydrogen) atoms. The first-order valence-electron chi connectivity index (χ1n) is 38.0. The van der Waals surface area contributed by atoms with Gasteiger partial charge in [-0.1, -0.05) is 336 Å². The summed E-state index contributed by atoms with van der Waals surface area (Å²) in [5, 5.41) is 0. The fourth-order valence-corrected chi connectivity index (χ4v) is 11.6. The van der Waals surface area contributed by atoms with Gasteiger partial charge in [-0.25, -0.2) is 4.57 Å². The van der Waals surface area contributed by atoms with Gasteiger partial charge in [0.05, 0.1) is 27.7 Å². The number of phosphoric ester groups is 1. The van der Waals surface area contributed by atoms with Crippen LogP contribution in [0.2, 0.25) is 0 Å². The highest BCUT2D eigenvalue weighted by molar-refractivity contribution is 7.47. The van der Waals surface area contributed by atoms with Crippen LogP contribution in [0.3, 0.4) is 0 Å². The number of ether oxygens (including phenoxy) is 2. The van der Waals surface area contributed by atoms with Gasteiger partial charge in [-0.05, 0) is 96.3 Å². The number of unbranched alkanes of at least 4 members (excludes halogenated alkanes) is 40. The monoisotopic (exact) mass is 1280 g/mol. The predicted octanol–water partition coefficient (Wildman–Crippen LogP) is 25.1. The van der Waals surface area contributed by atoms with Gasteiger partial charge in [0.25, 0.3) is 0 Å². The van der Waals surface area contributed by atoms with Crippen molar-refractivity contribution < 1.29 is 42.1 Å².